The molecule has 0 aromatic carbocycles. The van der Waals surface area contributed by atoms with Crippen molar-refractivity contribution >= 4 is 18.2 Å². The van der Waals surface area contributed by atoms with Gasteiger partial charge in [0.05, 0.1) is 5.70 Å². The molecule has 0 heterocycles. The molecule has 0 fully saturated rings. The van der Waals surface area contributed by atoms with E-state index in [1.54, 1.807) is 13.0 Å². The third-order valence-electron chi connectivity index (χ3n) is 2.14. The number of hydrogen-bond donors (Lipinski definition) is 0. The third kappa shape index (κ3) is 2.35. The van der Waals surface area contributed by atoms with Crippen molar-refractivity contribution in [1.82, 2.24) is 0 Å². The lowest BCUT2D eigenvalue weighted by atomic mass is 9.95. The summed E-state index contributed by atoms with van der Waals surface area (Å²) in [5.74, 6) is 0. The van der Waals surface area contributed by atoms with Crippen LogP contribution >= 0.6 is 0 Å². The number of allylic oxidation sites excluding steroid dienone is 2. The van der Waals surface area contributed by atoms with Crippen molar-refractivity contribution in [2.24, 2.45) is 15.0 Å². The third-order valence-corrected chi connectivity index (χ3v) is 2.14. The molecule has 1 rings (SSSR count). The van der Waals surface area contributed by atoms with Crippen LogP contribution in [0.5, 0.6) is 0 Å². The number of hydrogen-bond acceptors (Lipinski definition) is 6. The van der Waals surface area contributed by atoms with Gasteiger partial charge in [0.1, 0.15) is 0 Å². The number of nitrogens with zero attached hydrogens (tertiary/aromatic N) is 3. The zero-order valence-electron chi connectivity index (χ0n) is 8.43. The van der Waals surface area contributed by atoms with Crippen molar-refractivity contribution in [3.8, 4) is 0 Å². The highest BCUT2D eigenvalue weighted by Gasteiger charge is 2.31. The molecule has 0 saturated carbocycles. The number of isocyanates is 3. The van der Waals surface area contributed by atoms with Gasteiger partial charge >= 0.3 is 0 Å². The Kier molecular flexibility index (Phi) is 3.59. The predicted octanol–water partition coefficient (Wildman–Crippen LogP) is 0.924. The fraction of sp³-hybridized carbons (Fsp3) is 0.300. The van der Waals surface area contributed by atoms with Crippen molar-refractivity contribution in [3.63, 3.8) is 0 Å². The lowest BCUT2D eigenvalue weighted by Crippen LogP contribution is -2.23. The molecule has 6 nitrogen and oxygen atoms in total. The van der Waals surface area contributed by atoms with E-state index in [9.17, 15) is 14.4 Å². The molecule has 0 radical (unpaired) electrons. The second-order valence-electron chi connectivity index (χ2n) is 3.13. The summed E-state index contributed by atoms with van der Waals surface area (Å²) in [6.07, 6.45) is 7.12. The van der Waals surface area contributed by atoms with Crippen LogP contribution in [0.15, 0.2) is 38.4 Å². The number of aliphatic imine (C=N–C) groups is 3. The first-order valence-electron chi connectivity index (χ1n) is 4.32. The molecule has 16 heavy (non-hydrogen) atoms. The van der Waals surface area contributed by atoms with Gasteiger partial charge < -0.3 is 0 Å². The van der Waals surface area contributed by atoms with E-state index in [4.69, 9.17) is 0 Å². The van der Waals surface area contributed by atoms with E-state index in [0.29, 0.717) is 5.70 Å². The Morgan fingerprint density at radius 3 is 2.31 bits per heavy atom. The second-order valence-corrected chi connectivity index (χ2v) is 3.13. The van der Waals surface area contributed by atoms with E-state index in [1.165, 1.54) is 24.3 Å². The Balaban J connectivity index is 3.23. The Bertz CT molecular complexity index is 481. The van der Waals surface area contributed by atoms with Gasteiger partial charge in [-0.1, -0.05) is 6.08 Å². The number of carbonyl (C=O) groups excluding carboxylic acids is 3. The Hall–Kier alpha value is -2.38. The Labute approximate surface area is 90.8 Å². The van der Waals surface area contributed by atoms with Crippen LogP contribution < -0.4 is 0 Å². The minimum absolute atomic E-state index is 0.0368. The van der Waals surface area contributed by atoms with E-state index >= 15 is 0 Å². The van der Waals surface area contributed by atoms with E-state index in [-0.39, 0.29) is 6.42 Å². The molecular weight excluding hydrogens is 210 g/mol. The van der Waals surface area contributed by atoms with Crippen molar-refractivity contribution in [2.45, 2.75) is 19.0 Å². The topological polar surface area (TPSA) is 88.3 Å². The summed E-state index contributed by atoms with van der Waals surface area (Å²) < 4.78 is 0. The first kappa shape index (κ1) is 11.7. The van der Waals surface area contributed by atoms with Gasteiger partial charge in [0, 0.05) is 6.42 Å². The summed E-state index contributed by atoms with van der Waals surface area (Å²) >= 11 is 0. The van der Waals surface area contributed by atoms with Gasteiger partial charge in [-0.25, -0.2) is 14.4 Å². The summed E-state index contributed by atoms with van der Waals surface area (Å²) in [4.78, 5) is 41.0. The number of rotatable bonds is 3. The molecule has 0 atom stereocenters. The standard InChI is InChI=1S/C10H7N3O3/c1-8-2-3-10(12-6-15,13-7-16)4-9(8)11-5-14/h2-3H,4H2,1H3. The minimum atomic E-state index is -1.38. The van der Waals surface area contributed by atoms with Crippen LogP contribution in [0.25, 0.3) is 0 Å². The molecule has 0 amide bonds. The van der Waals surface area contributed by atoms with Crippen LogP contribution in [0.2, 0.25) is 0 Å². The zero-order valence-corrected chi connectivity index (χ0v) is 8.43. The maximum absolute atomic E-state index is 10.3. The summed E-state index contributed by atoms with van der Waals surface area (Å²) in [7, 11) is 0. The maximum Gasteiger partial charge on any atom is 0.240 e. The average Bonchev–Trinajstić information content (AvgIpc) is 2.25. The minimum Gasteiger partial charge on any atom is -0.211 e. The second kappa shape index (κ2) is 4.91. The molecule has 1 aliphatic rings. The quantitative estimate of drug-likeness (QED) is 0.520. The van der Waals surface area contributed by atoms with Gasteiger partial charge in [-0.3, -0.25) is 0 Å². The van der Waals surface area contributed by atoms with Gasteiger partial charge in [-0.05, 0) is 18.6 Å². The smallest absolute Gasteiger partial charge is 0.211 e. The van der Waals surface area contributed by atoms with Crippen molar-refractivity contribution in [2.75, 3.05) is 0 Å². The lowest BCUT2D eigenvalue weighted by molar-refractivity contribution is 0.503. The Morgan fingerprint density at radius 1 is 1.19 bits per heavy atom. The van der Waals surface area contributed by atoms with Crippen LogP contribution in [0, 0.1) is 0 Å². The highest BCUT2D eigenvalue weighted by atomic mass is 16.1. The van der Waals surface area contributed by atoms with Crippen molar-refractivity contribution in [3.05, 3.63) is 23.4 Å². The van der Waals surface area contributed by atoms with Gasteiger partial charge in [0.15, 0.2) is 5.66 Å². The molecule has 0 aromatic rings. The normalized spacial score (nSPS) is 22.8. The lowest BCUT2D eigenvalue weighted by Gasteiger charge is -2.21. The summed E-state index contributed by atoms with van der Waals surface area (Å²) in [6, 6.07) is 0. The van der Waals surface area contributed by atoms with Crippen LogP contribution in [-0.4, -0.2) is 23.9 Å². The molecule has 0 N–H and O–H groups in total. The monoisotopic (exact) mass is 217 g/mol. The van der Waals surface area contributed by atoms with Crippen LogP contribution in [0.4, 0.5) is 0 Å². The van der Waals surface area contributed by atoms with Crippen LogP contribution in [0.1, 0.15) is 13.3 Å². The summed E-state index contributed by atoms with van der Waals surface area (Å²) in [6.45, 7) is 1.73. The molecule has 0 spiro atoms. The van der Waals surface area contributed by atoms with E-state index in [0.717, 1.165) is 5.57 Å². The summed E-state index contributed by atoms with van der Waals surface area (Å²) in [5, 5.41) is 0. The van der Waals surface area contributed by atoms with Gasteiger partial charge in [-0.15, -0.1) is 0 Å². The van der Waals surface area contributed by atoms with Gasteiger partial charge in [-0.2, -0.15) is 15.0 Å². The first-order valence-corrected chi connectivity index (χ1v) is 4.32. The first-order chi connectivity index (χ1) is 7.67. The summed E-state index contributed by atoms with van der Waals surface area (Å²) in [5.41, 5.74) is -0.282. The van der Waals surface area contributed by atoms with Crippen molar-refractivity contribution in [1.29, 1.82) is 0 Å². The van der Waals surface area contributed by atoms with Gasteiger partial charge in [0.2, 0.25) is 18.2 Å². The molecule has 0 saturated heterocycles. The molecule has 0 unspecified atom stereocenters. The van der Waals surface area contributed by atoms with Crippen molar-refractivity contribution < 1.29 is 14.4 Å². The predicted molar refractivity (Wildman–Crippen MR) is 53.6 cm³/mol. The fourth-order valence-electron chi connectivity index (χ4n) is 1.32. The zero-order chi connectivity index (χ0) is 12.0. The maximum atomic E-state index is 10.3. The fourth-order valence-corrected chi connectivity index (χ4v) is 1.32. The largest absolute Gasteiger partial charge is 0.240 e. The molecule has 0 aliphatic heterocycles. The molecular formula is C10H7N3O3. The highest BCUT2D eigenvalue weighted by molar-refractivity contribution is 5.47. The molecule has 6 heteroatoms. The van der Waals surface area contributed by atoms with Crippen LogP contribution in [-0.2, 0) is 14.4 Å². The average molecular weight is 217 g/mol. The van der Waals surface area contributed by atoms with E-state index < -0.39 is 5.66 Å². The molecule has 80 valence electrons. The highest BCUT2D eigenvalue weighted by Crippen LogP contribution is 2.31. The molecule has 0 bridgehead atoms. The SMILES string of the molecule is CC1=C(N=C=O)CC(N=C=O)(N=C=O)C=C1. The molecule has 0 aromatic heterocycles. The van der Waals surface area contributed by atoms with Gasteiger partial charge in [0.25, 0.3) is 0 Å². The Morgan fingerprint density at radius 2 is 1.81 bits per heavy atom. The van der Waals surface area contributed by atoms with E-state index in [2.05, 4.69) is 15.0 Å². The molecule has 1 aliphatic carbocycles. The van der Waals surface area contributed by atoms with Crippen LogP contribution in [0.3, 0.4) is 0 Å². The van der Waals surface area contributed by atoms with E-state index in [1.807, 2.05) is 0 Å².